The fourth-order valence-electron chi connectivity index (χ4n) is 4.43. The molecular weight excluding hydrogens is 434 g/mol. The van der Waals surface area contributed by atoms with E-state index in [0.717, 1.165) is 70.5 Å². The largest absolute Gasteiger partial charge is 0.340 e. The molecule has 0 saturated carbocycles. The number of amides is 1. The number of nitrogens with zero attached hydrogens (tertiary/aromatic N) is 3. The summed E-state index contributed by atoms with van der Waals surface area (Å²) < 4.78 is 0. The fraction of sp³-hybridized carbons (Fsp3) is 0.231. The Kier molecular flexibility index (Phi) is 5.68. The van der Waals surface area contributed by atoms with Gasteiger partial charge in [-0.3, -0.25) is 9.78 Å². The molecule has 0 radical (unpaired) electrons. The summed E-state index contributed by atoms with van der Waals surface area (Å²) in [5, 5.41) is 7.86. The molecule has 0 spiro atoms. The maximum atomic E-state index is 13.7. The summed E-state index contributed by atoms with van der Waals surface area (Å²) in [7, 11) is 0. The molecule has 7 heteroatoms. The highest BCUT2D eigenvalue weighted by atomic mass is 35.5. The normalized spacial score (nSPS) is 12.6. The van der Waals surface area contributed by atoms with Gasteiger partial charge in [-0.15, -0.1) is 0 Å². The van der Waals surface area contributed by atoms with Crippen LogP contribution in [0.5, 0.6) is 0 Å². The zero-order valence-electron chi connectivity index (χ0n) is 18.6. The molecule has 0 bridgehead atoms. The highest BCUT2D eigenvalue weighted by Gasteiger charge is 2.24. The van der Waals surface area contributed by atoms with Gasteiger partial charge in [0.1, 0.15) is 12.1 Å². The van der Waals surface area contributed by atoms with Gasteiger partial charge in [0.15, 0.2) is 0 Å². The molecule has 2 heterocycles. The summed E-state index contributed by atoms with van der Waals surface area (Å²) in [5.41, 5.74) is 7.08. The predicted octanol–water partition coefficient (Wildman–Crippen LogP) is 6.03. The predicted molar refractivity (Wildman–Crippen MR) is 133 cm³/mol. The first kappa shape index (κ1) is 21.3. The lowest BCUT2D eigenvalue weighted by Gasteiger charge is -2.16. The van der Waals surface area contributed by atoms with E-state index in [4.69, 9.17) is 16.6 Å². The van der Waals surface area contributed by atoms with Crippen LogP contribution in [0.4, 0.5) is 17.2 Å². The number of hydrogen-bond acceptors (Lipinski definition) is 5. The summed E-state index contributed by atoms with van der Waals surface area (Å²) in [5.74, 6) is 0.573. The van der Waals surface area contributed by atoms with E-state index in [0.29, 0.717) is 16.4 Å². The second-order valence-electron chi connectivity index (χ2n) is 8.28. The van der Waals surface area contributed by atoms with E-state index >= 15 is 0 Å². The molecule has 0 saturated heterocycles. The van der Waals surface area contributed by atoms with Gasteiger partial charge in [0.25, 0.3) is 5.91 Å². The van der Waals surface area contributed by atoms with Crippen LogP contribution >= 0.6 is 11.6 Å². The molecule has 2 aromatic carbocycles. The molecule has 0 unspecified atom stereocenters. The van der Waals surface area contributed by atoms with Gasteiger partial charge in [0, 0.05) is 39.2 Å². The molecule has 1 aliphatic rings. The van der Waals surface area contributed by atoms with Crippen molar-refractivity contribution in [2.45, 2.75) is 39.5 Å². The van der Waals surface area contributed by atoms with Gasteiger partial charge in [-0.05, 0) is 74.1 Å². The number of aryl methyl sites for hydroxylation is 3. The number of hydrogen-bond donors (Lipinski definition) is 2. The van der Waals surface area contributed by atoms with Gasteiger partial charge < -0.3 is 10.6 Å². The Morgan fingerprint density at radius 2 is 1.97 bits per heavy atom. The van der Waals surface area contributed by atoms with Crippen molar-refractivity contribution in [2.24, 2.45) is 0 Å². The highest BCUT2D eigenvalue weighted by molar-refractivity contribution is 6.31. The molecule has 2 N–H and O–H groups in total. The minimum Gasteiger partial charge on any atom is -0.340 e. The Morgan fingerprint density at radius 3 is 2.79 bits per heavy atom. The first-order valence-electron chi connectivity index (χ1n) is 11.1. The number of halogens is 1. The van der Waals surface area contributed by atoms with Gasteiger partial charge in [-0.2, -0.15) is 0 Å². The Hall–Kier alpha value is -3.51. The number of carbonyl (C=O) groups excluding carboxylic acids is 1. The second kappa shape index (κ2) is 8.79. The van der Waals surface area contributed by atoms with Crippen molar-refractivity contribution < 1.29 is 4.79 Å². The average Bonchev–Trinajstić information content (AvgIpc) is 3.25. The molecular formula is C26H24ClN5O. The number of anilines is 3. The number of rotatable bonds is 5. The van der Waals surface area contributed by atoms with Crippen molar-refractivity contribution in [1.82, 2.24) is 15.0 Å². The fourth-order valence-corrected chi connectivity index (χ4v) is 4.60. The molecule has 33 heavy (non-hydrogen) atoms. The molecule has 4 aromatic rings. The van der Waals surface area contributed by atoms with Gasteiger partial charge >= 0.3 is 0 Å². The highest BCUT2D eigenvalue weighted by Crippen LogP contribution is 2.33. The van der Waals surface area contributed by atoms with Crippen molar-refractivity contribution in [3.05, 3.63) is 81.9 Å². The first-order chi connectivity index (χ1) is 16.0. The zero-order chi connectivity index (χ0) is 22.9. The van der Waals surface area contributed by atoms with Crippen molar-refractivity contribution in [2.75, 3.05) is 10.6 Å². The third-order valence-electron chi connectivity index (χ3n) is 6.02. The third kappa shape index (κ3) is 4.26. The van der Waals surface area contributed by atoms with E-state index in [1.165, 1.54) is 6.33 Å². The van der Waals surface area contributed by atoms with Crippen molar-refractivity contribution in [3.8, 4) is 0 Å². The summed E-state index contributed by atoms with van der Waals surface area (Å²) >= 11 is 6.28. The van der Waals surface area contributed by atoms with E-state index in [1.807, 2.05) is 49.4 Å². The SMILES string of the molecule is CCc1ccc(Nc2cc(C)ncn2)cc1NC(=O)c1c2c(nc3ccc(Cl)cc13)CCC2. The minimum absolute atomic E-state index is 0.132. The Labute approximate surface area is 197 Å². The second-order valence-corrected chi connectivity index (χ2v) is 8.71. The van der Waals surface area contributed by atoms with Crippen molar-refractivity contribution in [3.63, 3.8) is 0 Å². The summed E-state index contributed by atoms with van der Waals surface area (Å²) in [6, 6.07) is 13.4. The Bertz CT molecular complexity index is 1380. The standard InChI is InChI=1S/C26H24ClN5O/c1-3-16-7-9-18(30-24-11-15(2)28-14-29-24)13-23(16)32-26(33)25-19-5-4-6-21(19)31-22-10-8-17(27)12-20(22)25/h7-14H,3-6H2,1-2H3,(H,32,33)(H,28,29,30). The van der Waals surface area contributed by atoms with Gasteiger partial charge in [-0.1, -0.05) is 24.6 Å². The van der Waals surface area contributed by atoms with E-state index < -0.39 is 0 Å². The maximum Gasteiger partial charge on any atom is 0.256 e. The van der Waals surface area contributed by atoms with Crippen LogP contribution in [0.2, 0.25) is 5.02 Å². The van der Waals surface area contributed by atoms with Crippen molar-refractivity contribution >= 4 is 45.6 Å². The lowest BCUT2D eigenvalue weighted by molar-refractivity contribution is 0.102. The van der Waals surface area contributed by atoms with Crippen LogP contribution < -0.4 is 10.6 Å². The van der Waals surface area contributed by atoms with Crippen LogP contribution in [-0.4, -0.2) is 20.9 Å². The van der Waals surface area contributed by atoms with Crippen LogP contribution in [0.25, 0.3) is 10.9 Å². The van der Waals surface area contributed by atoms with Crippen LogP contribution in [-0.2, 0) is 19.3 Å². The number of carbonyl (C=O) groups is 1. The topological polar surface area (TPSA) is 79.8 Å². The van der Waals surface area contributed by atoms with E-state index in [1.54, 1.807) is 0 Å². The molecule has 166 valence electrons. The van der Waals surface area contributed by atoms with Crippen LogP contribution in [0.15, 0.2) is 48.8 Å². The first-order valence-corrected chi connectivity index (χ1v) is 11.5. The van der Waals surface area contributed by atoms with Crippen LogP contribution in [0.3, 0.4) is 0 Å². The number of aromatic nitrogens is 3. The molecule has 6 nitrogen and oxygen atoms in total. The monoisotopic (exact) mass is 457 g/mol. The Balaban J connectivity index is 1.52. The molecule has 5 rings (SSSR count). The number of benzene rings is 2. The zero-order valence-corrected chi connectivity index (χ0v) is 19.3. The third-order valence-corrected chi connectivity index (χ3v) is 6.25. The van der Waals surface area contributed by atoms with Gasteiger partial charge in [0.05, 0.1) is 11.1 Å². The van der Waals surface area contributed by atoms with Crippen LogP contribution in [0.1, 0.15) is 46.2 Å². The maximum absolute atomic E-state index is 13.7. The van der Waals surface area contributed by atoms with E-state index in [9.17, 15) is 4.79 Å². The summed E-state index contributed by atoms with van der Waals surface area (Å²) in [6.07, 6.45) is 5.07. The van der Waals surface area contributed by atoms with Gasteiger partial charge in [-0.25, -0.2) is 9.97 Å². The average molecular weight is 458 g/mol. The molecule has 0 fully saturated rings. The lowest BCUT2D eigenvalue weighted by atomic mass is 10.00. The molecule has 1 amide bonds. The smallest absolute Gasteiger partial charge is 0.256 e. The molecule has 2 aromatic heterocycles. The minimum atomic E-state index is -0.132. The number of fused-ring (bicyclic) bond motifs is 2. The molecule has 0 atom stereocenters. The number of nitrogens with one attached hydrogen (secondary N) is 2. The molecule has 0 aliphatic heterocycles. The summed E-state index contributed by atoms with van der Waals surface area (Å²) in [4.78, 5) is 26.9. The summed E-state index contributed by atoms with van der Waals surface area (Å²) in [6.45, 7) is 3.99. The van der Waals surface area contributed by atoms with Gasteiger partial charge in [0.2, 0.25) is 0 Å². The van der Waals surface area contributed by atoms with E-state index in [-0.39, 0.29) is 5.91 Å². The molecule has 1 aliphatic carbocycles. The quantitative estimate of drug-likeness (QED) is 0.382. The lowest BCUT2D eigenvalue weighted by Crippen LogP contribution is -2.17. The van der Waals surface area contributed by atoms with Crippen molar-refractivity contribution in [1.29, 1.82) is 0 Å². The Morgan fingerprint density at radius 1 is 1.09 bits per heavy atom. The number of pyridine rings is 1. The van der Waals surface area contributed by atoms with E-state index in [2.05, 4.69) is 27.5 Å². The van der Waals surface area contributed by atoms with Crippen LogP contribution in [0, 0.1) is 6.92 Å².